The van der Waals surface area contributed by atoms with Gasteiger partial charge in [-0.25, -0.2) is 4.98 Å². The highest BCUT2D eigenvalue weighted by Crippen LogP contribution is 2.32. The Morgan fingerprint density at radius 3 is 2.83 bits per heavy atom. The van der Waals surface area contributed by atoms with Crippen molar-refractivity contribution in [2.24, 2.45) is 0 Å². The third kappa shape index (κ3) is 5.07. The summed E-state index contributed by atoms with van der Waals surface area (Å²) in [5.74, 6) is -0.209. The predicted octanol–water partition coefficient (Wildman–Crippen LogP) is 4.42. The van der Waals surface area contributed by atoms with E-state index < -0.39 is 0 Å². The van der Waals surface area contributed by atoms with E-state index in [2.05, 4.69) is 22.3 Å². The minimum atomic E-state index is -0.209. The van der Waals surface area contributed by atoms with Crippen molar-refractivity contribution >= 4 is 44.3 Å². The molecular formula is C22H24ClN3O2S. The van der Waals surface area contributed by atoms with Gasteiger partial charge in [-0.15, -0.1) is 0 Å². The van der Waals surface area contributed by atoms with Gasteiger partial charge in [-0.05, 0) is 42.2 Å². The van der Waals surface area contributed by atoms with Crippen LogP contribution in [-0.4, -0.2) is 37.2 Å². The number of aromatic nitrogens is 1. The molecular weight excluding hydrogens is 406 g/mol. The number of anilines is 1. The number of hydrogen-bond donors (Lipinski definition) is 1. The minimum absolute atomic E-state index is 0.209. The monoisotopic (exact) mass is 429 g/mol. The Morgan fingerprint density at radius 1 is 1.24 bits per heavy atom. The second kappa shape index (κ2) is 9.11. The molecule has 1 fully saturated rings. The second-order valence-electron chi connectivity index (χ2n) is 7.32. The molecule has 0 bridgehead atoms. The van der Waals surface area contributed by atoms with Gasteiger partial charge in [0, 0.05) is 30.7 Å². The molecule has 1 aliphatic rings. The van der Waals surface area contributed by atoms with Gasteiger partial charge in [0.25, 0.3) is 0 Å². The average Bonchev–Trinajstić information content (AvgIpc) is 3.16. The number of ether oxygens (including phenoxy) is 1. The van der Waals surface area contributed by atoms with Gasteiger partial charge in [0.2, 0.25) is 0 Å². The zero-order valence-electron chi connectivity index (χ0n) is 16.4. The van der Waals surface area contributed by atoms with E-state index in [-0.39, 0.29) is 5.97 Å². The van der Waals surface area contributed by atoms with Crippen LogP contribution in [0.15, 0.2) is 42.5 Å². The van der Waals surface area contributed by atoms with Crippen LogP contribution in [0.2, 0.25) is 5.02 Å². The average molecular weight is 430 g/mol. The maximum Gasteiger partial charge on any atom is 0.309 e. The summed E-state index contributed by atoms with van der Waals surface area (Å²) in [5.41, 5.74) is 3.19. The van der Waals surface area contributed by atoms with Gasteiger partial charge in [0.05, 0.1) is 23.7 Å². The van der Waals surface area contributed by atoms with Gasteiger partial charge in [0.1, 0.15) is 0 Å². The number of carbonyl (C=O) groups excluding carboxylic acids is 1. The number of benzene rings is 2. The summed E-state index contributed by atoms with van der Waals surface area (Å²) in [7, 11) is 1.42. The van der Waals surface area contributed by atoms with Gasteiger partial charge < -0.3 is 15.0 Å². The van der Waals surface area contributed by atoms with Crippen LogP contribution < -0.4 is 10.2 Å². The summed E-state index contributed by atoms with van der Waals surface area (Å²) in [6, 6.07) is 14.5. The zero-order valence-corrected chi connectivity index (χ0v) is 17.9. The molecule has 1 aromatic heterocycles. The number of nitrogens with zero attached hydrogens (tertiary/aromatic N) is 2. The molecule has 0 saturated carbocycles. The van der Waals surface area contributed by atoms with Crippen molar-refractivity contribution in [3.63, 3.8) is 0 Å². The number of methoxy groups -OCH3 is 1. The largest absolute Gasteiger partial charge is 0.469 e. The van der Waals surface area contributed by atoms with Crippen molar-refractivity contribution in [3.8, 4) is 0 Å². The fourth-order valence-corrected chi connectivity index (χ4v) is 4.94. The Labute approximate surface area is 179 Å². The summed E-state index contributed by atoms with van der Waals surface area (Å²) in [5, 5.41) is 5.50. The number of esters is 1. The van der Waals surface area contributed by atoms with Gasteiger partial charge in [-0.3, -0.25) is 4.79 Å². The Bertz CT molecular complexity index is 999. The lowest BCUT2D eigenvalue weighted by atomic mass is 10.0. The summed E-state index contributed by atoms with van der Waals surface area (Å²) in [6.45, 7) is 2.79. The molecule has 0 aliphatic carbocycles. The second-order valence-corrected chi connectivity index (χ2v) is 8.77. The van der Waals surface area contributed by atoms with Crippen LogP contribution in [0.3, 0.4) is 0 Å². The highest BCUT2D eigenvalue weighted by Gasteiger charge is 2.21. The van der Waals surface area contributed by atoms with E-state index in [0.717, 1.165) is 58.4 Å². The normalized spacial score (nSPS) is 15.0. The molecule has 0 unspecified atom stereocenters. The molecule has 2 heterocycles. The predicted molar refractivity (Wildman–Crippen MR) is 119 cm³/mol. The number of fused-ring (bicyclic) bond motifs is 1. The third-order valence-electron chi connectivity index (χ3n) is 5.27. The molecule has 3 aromatic rings. The fraction of sp³-hybridized carbons (Fsp3) is 0.364. The molecule has 1 saturated heterocycles. The van der Waals surface area contributed by atoms with Crippen molar-refractivity contribution < 1.29 is 9.53 Å². The molecule has 0 radical (unpaired) electrons. The molecule has 0 amide bonds. The lowest BCUT2D eigenvalue weighted by Crippen LogP contribution is -2.42. The maximum absolute atomic E-state index is 11.5. The van der Waals surface area contributed by atoms with Gasteiger partial charge in [-0.1, -0.05) is 47.2 Å². The number of thiazole rings is 1. The van der Waals surface area contributed by atoms with E-state index in [1.807, 2.05) is 30.3 Å². The van der Waals surface area contributed by atoms with E-state index in [0.29, 0.717) is 12.5 Å². The van der Waals surface area contributed by atoms with E-state index >= 15 is 0 Å². The Morgan fingerprint density at radius 2 is 2.03 bits per heavy atom. The van der Waals surface area contributed by atoms with E-state index in [1.165, 1.54) is 12.7 Å². The lowest BCUT2D eigenvalue weighted by molar-refractivity contribution is -0.139. The van der Waals surface area contributed by atoms with Crippen molar-refractivity contribution in [1.82, 2.24) is 10.3 Å². The molecule has 29 heavy (non-hydrogen) atoms. The SMILES string of the molecule is COC(=O)Cc1cccc(CNC2CCN(c3nc4ccc(Cl)cc4s3)CC2)c1. The molecule has 0 spiro atoms. The van der Waals surface area contributed by atoms with Crippen LogP contribution in [0.1, 0.15) is 24.0 Å². The zero-order chi connectivity index (χ0) is 20.2. The van der Waals surface area contributed by atoms with Crippen LogP contribution in [0.5, 0.6) is 0 Å². The molecule has 0 atom stereocenters. The van der Waals surface area contributed by atoms with Crippen LogP contribution in [0.25, 0.3) is 10.2 Å². The summed E-state index contributed by atoms with van der Waals surface area (Å²) in [6.07, 6.45) is 2.48. The van der Waals surface area contributed by atoms with Crippen LogP contribution in [0, 0.1) is 0 Å². The summed E-state index contributed by atoms with van der Waals surface area (Å²) in [4.78, 5) is 18.6. The van der Waals surface area contributed by atoms with Gasteiger partial charge in [0.15, 0.2) is 5.13 Å². The van der Waals surface area contributed by atoms with Gasteiger partial charge in [-0.2, -0.15) is 0 Å². The van der Waals surface area contributed by atoms with E-state index in [4.69, 9.17) is 21.3 Å². The van der Waals surface area contributed by atoms with Crippen molar-refractivity contribution in [2.45, 2.75) is 31.8 Å². The Hall–Kier alpha value is -2.15. The molecule has 1 aliphatic heterocycles. The number of rotatable bonds is 6. The first-order valence-corrected chi connectivity index (χ1v) is 11.0. The highest BCUT2D eigenvalue weighted by molar-refractivity contribution is 7.22. The molecule has 1 N–H and O–H groups in total. The van der Waals surface area contributed by atoms with E-state index in [1.54, 1.807) is 11.3 Å². The fourth-order valence-electron chi connectivity index (χ4n) is 3.65. The maximum atomic E-state index is 11.5. The van der Waals surface area contributed by atoms with Crippen LogP contribution >= 0.6 is 22.9 Å². The Kier molecular flexibility index (Phi) is 6.33. The van der Waals surface area contributed by atoms with E-state index in [9.17, 15) is 4.79 Å². The first kappa shape index (κ1) is 20.1. The lowest BCUT2D eigenvalue weighted by Gasteiger charge is -2.32. The quantitative estimate of drug-likeness (QED) is 0.587. The minimum Gasteiger partial charge on any atom is -0.469 e. The third-order valence-corrected chi connectivity index (χ3v) is 6.58. The van der Waals surface area contributed by atoms with Crippen LogP contribution in [-0.2, 0) is 22.5 Å². The molecule has 7 heteroatoms. The Balaban J connectivity index is 1.30. The standard InChI is InChI=1S/C22H24ClN3O2S/c1-28-21(27)12-15-3-2-4-16(11-15)14-24-18-7-9-26(10-8-18)22-25-19-6-5-17(23)13-20(19)29-22/h2-6,11,13,18,24H,7-10,12,14H2,1H3. The topological polar surface area (TPSA) is 54.5 Å². The van der Waals surface area contributed by atoms with Gasteiger partial charge >= 0.3 is 5.97 Å². The summed E-state index contributed by atoms with van der Waals surface area (Å²) < 4.78 is 5.89. The smallest absolute Gasteiger partial charge is 0.309 e. The summed E-state index contributed by atoms with van der Waals surface area (Å²) >= 11 is 7.80. The first-order chi connectivity index (χ1) is 14.1. The number of nitrogens with one attached hydrogen (secondary N) is 1. The van der Waals surface area contributed by atoms with Crippen molar-refractivity contribution in [3.05, 3.63) is 58.6 Å². The number of halogens is 1. The van der Waals surface area contributed by atoms with Crippen molar-refractivity contribution in [2.75, 3.05) is 25.1 Å². The molecule has 152 valence electrons. The van der Waals surface area contributed by atoms with Crippen molar-refractivity contribution in [1.29, 1.82) is 0 Å². The highest BCUT2D eigenvalue weighted by atomic mass is 35.5. The number of hydrogen-bond acceptors (Lipinski definition) is 6. The first-order valence-electron chi connectivity index (χ1n) is 9.80. The molecule has 5 nitrogen and oxygen atoms in total. The molecule has 4 rings (SSSR count). The number of piperidine rings is 1. The van der Waals surface area contributed by atoms with Crippen LogP contribution in [0.4, 0.5) is 5.13 Å². The molecule has 2 aromatic carbocycles. The number of carbonyl (C=O) groups is 1.